The Labute approximate surface area is 78.9 Å². The fourth-order valence-corrected chi connectivity index (χ4v) is 0.982. The number of hydrogen-bond donors (Lipinski definition) is 2. The largest absolute Gasteiger partial charge is 0.494 e. The highest BCUT2D eigenvalue weighted by Gasteiger charge is 1.92. The number of nitrogens with two attached hydrogens (primary N) is 1. The molecule has 0 aliphatic carbocycles. The van der Waals surface area contributed by atoms with E-state index in [9.17, 15) is 0 Å². The van der Waals surface area contributed by atoms with Crippen LogP contribution in [0.5, 0.6) is 5.75 Å². The summed E-state index contributed by atoms with van der Waals surface area (Å²) in [5.74, 6) is 6.13. The topological polar surface area (TPSA) is 47.3 Å². The molecule has 0 aromatic heterocycles. The average Bonchev–Trinajstić information content (AvgIpc) is 2.19. The maximum atomic E-state index is 5.48. The summed E-state index contributed by atoms with van der Waals surface area (Å²) in [5, 5.41) is 0. The zero-order valence-electron chi connectivity index (χ0n) is 7.92. The van der Waals surface area contributed by atoms with Gasteiger partial charge in [0.25, 0.3) is 0 Å². The smallest absolute Gasteiger partial charge is 0.119 e. The lowest BCUT2D eigenvalue weighted by Crippen LogP contribution is -2.06. The molecular formula is C10H16N2O. The molecule has 0 radical (unpaired) electrons. The Hall–Kier alpha value is -1.22. The normalized spacial score (nSPS) is 9.69. The van der Waals surface area contributed by atoms with Crippen LogP contribution in [0.1, 0.15) is 19.8 Å². The summed E-state index contributed by atoms with van der Waals surface area (Å²) in [4.78, 5) is 0. The second-order valence-electron chi connectivity index (χ2n) is 2.87. The van der Waals surface area contributed by atoms with Gasteiger partial charge in [-0.15, -0.1) is 0 Å². The second kappa shape index (κ2) is 5.43. The van der Waals surface area contributed by atoms with Gasteiger partial charge in [0, 0.05) is 5.69 Å². The summed E-state index contributed by atoms with van der Waals surface area (Å²) >= 11 is 0. The van der Waals surface area contributed by atoms with Crippen molar-refractivity contribution in [2.45, 2.75) is 19.8 Å². The number of hydrogen-bond acceptors (Lipinski definition) is 3. The molecule has 13 heavy (non-hydrogen) atoms. The molecule has 0 aliphatic rings. The van der Waals surface area contributed by atoms with E-state index in [1.54, 1.807) is 0 Å². The third-order valence-electron chi connectivity index (χ3n) is 1.79. The van der Waals surface area contributed by atoms with Crippen LogP contribution in [0.4, 0.5) is 5.69 Å². The van der Waals surface area contributed by atoms with Gasteiger partial charge < -0.3 is 10.2 Å². The summed E-state index contributed by atoms with van der Waals surface area (Å²) < 4.78 is 5.48. The van der Waals surface area contributed by atoms with Gasteiger partial charge in [0.2, 0.25) is 0 Å². The number of hydrazine groups is 1. The van der Waals surface area contributed by atoms with Crippen molar-refractivity contribution in [1.29, 1.82) is 0 Å². The highest BCUT2D eigenvalue weighted by molar-refractivity contribution is 5.44. The highest BCUT2D eigenvalue weighted by atomic mass is 16.5. The van der Waals surface area contributed by atoms with Crippen LogP contribution >= 0.6 is 0 Å². The number of rotatable bonds is 5. The summed E-state index contributed by atoms with van der Waals surface area (Å²) in [6.07, 6.45) is 2.25. The number of nitrogen functional groups attached to an aromatic ring is 1. The first-order valence-electron chi connectivity index (χ1n) is 4.56. The van der Waals surface area contributed by atoms with Crippen LogP contribution in [-0.4, -0.2) is 6.61 Å². The van der Waals surface area contributed by atoms with Crippen LogP contribution in [0, 0.1) is 0 Å². The Bertz CT molecular complexity index is 233. The van der Waals surface area contributed by atoms with Gasteiger partial charge in [0.05, 0.1) is 6.61 Å². The summed E-state index contributed by atoms with van der Waals surface area (Å²) in [7, 11) is 0. The fourth-order valence-electron chi connectivity index (χ4n) is 0.982. The zero-order valence-corrected chi connectivity index (χ0v) is 7.92. The second-order valence-corrected chi connectivity index (χ2v) is 2.87. The monoisotopic (exact) mass is 180 g/mol. The molecule has 0 unspecified atom stereocenters. The van der Waals surface area contributed by atoms with E-state index in [2.05, 4.69) is 12.3 Å². The van der Waals surface area contributed by atoms with Gasteiger partial charge >= 0.3 is 0 Å². The standard InChI is InChI=1S/C10H16N2O/c1-2-3-8-13-10-6-4-9(12-11)5-7-10/h4-7,12H,2-3,8,11H2,1H3. The minimum Gasteiger partial charge on any atom is -0.494 e. The lowest BCUT2D eigenvalue weighted by molar-refractivity contribution is 0.309. The number of benzene rings is 1. The molecule has 0 atom stereocenters. The van der Waals surface area contributed by atoms with E-state index in [0.29, 0.717) is 0 Å². The Morgan fingerprint density at radius 3 is 2.54 bits per heavy atom. The molecule has 0 saturated heterocycles. The average molecular weight is 180 g/mol. The van der Waals surface area contributed by atoms with Gasteiger partial charge in [0.1, 0.15) is 5.75 Å². The van der Waals surface area contributed by atoms with Crippen molar-refractivity contribution in [2.24, 2.45) is 5.84 Å². The molecule has 0 fully saturated rings. The number of anilines is 1. The van der Waals surface area contributed by atoms with Crippen molar-refractivity contribution in [3.63, 3.8) is 0 Å². The first-order chi connectivity index (χ1) is 6.36. The van der Waals surface area contributed by atoms with Gasteiger partial charge in [-0.1, -0.05) is 13.3 Å². The maximum Gasteiger partial charge on any atom is 0.119 e. The van der Waals surface area contributed by atoms with Gasteiger partial charge in [-0.05, 0) is 30.7 Å². The summed E-state index contributed by atoms with van der Waals surface area (Å²) in [5.41, 5.74) is 3.46. The third kappa shape index (κ3) is 3.34. The minimum atomic E-state index is 0.784. The predicted molar refractivity (Wildman–Crippen MR) is 54.7 cm³/mol. The predicted octanol–water partition coefficient (Wildman–Crippen LogP) is 2.15. The number of ether oxygens (including phenoxy) is 1. The molecule has 1 aromatic rings. The van der Waals surface area contributed by atoms with Crippen LogP contribution in [0.25, 0.3) is 0 Å². The van der Waals surface area contributed by atoms with Crippen LogP contribution < -0.4 is 16.0 Å². The number of nitrogens with one attached hydrogen (secondary N) is 1. The molecule has 72 valence electrons. The van der Waals surface area contributed by atoms with Crippen LogP contribution in [-0.2, 0) is 0 Å². The Morgan fingerprint density at radius 1 is 1.31 bits per heavy atom. The van der Waals surface area contributed by atoms with E-state index < -0.39 is 0 Å². The third-order valence-corrected chi connectivity index (χ3v) is 1.79. The Morgan fingerprint density at radius 2 is 2.00 bits per heavy atom. The highest BCUT2D eigenvalue weighted by Crippen LogP contribution is 2.14. The zero-order chi connectivity index (χ0) is 9.52. The molecule has 0 aliphatic heterocycles. The van der Waals surface area contributed by atoms with Crippen molar-refractivity contribution in [2.75, 3.05) is 12.0 Å². The summed E-state index contributed by atoms with van der Waals surface area (Å²) in [6, 6.07) is 7.60. The first kappa shape index (κ1) is 9.86. The van der Waals surface area contributed by atoms with Gasteiger partial charge in [-0.25, -0.2) is 0 Å². The first-order valence-corrected chi connectivity index (χ1v) is 4.56. The molecular weight excluding hydrogens is 164 g/mol. The van der Waals surface area contributed by atoms with Crippen LogP contribution in [0.3, 0.4) is 0 Å². The lowest BCUT2D eigenvalue weighted by Gasteiger charge is -2.05. The minimum absolute atomic E-state index is 0.784. The Kier molecular flexibility index (Phi) is 4.12. The van der Waals surface area contributed by atoms with Crippen LogP contribution in [0.15, 0.2) is 24.3 Å². The molecule has 0 heterocycles. The van der Waals surface area contributed by atoms with E-state index >= 15 is 0 Å². The van der Waals surface area contributed by atoms with E-state index in [-0.39, 0.29) is 0 Å². The van der Waals surface area contributed by atoms with E-state index in [0.717, 1.165) is 30.9 Å². The molecule has 1 rings (SSSR count). The summed E-state index contributed by atoms with van der Waals surface area (Å²) in [6.45, 7) is 2.93. The quantitative estimate of drug-likeness (QED) is 0.414. The lowest BCUT2D eigenvalue weighted by atomic mass is 10.3. The van der Waals surface area contributed by atoms with Crippen LogP contribution in [0.2, 0.25) is 0 Å². The van der Waals surface area contributed by atoms with Crippen molar-refractivity contribution in [1.82, 2.24) is 0 Å². The van der Waals surface area contributed by atoms with E-state index in [1.165, 1.54) is 0 Å². The van der Waals surface area contributed by atoms with Gasteiger partial charge in [0.15, 0.2) is 0 Å². The molecule has 3 nitrogen and oxygen atoms in total. The van der Waals surface area contributed by atoms with Crippen molar-refractivity contribution >= 4 is 5.69 Å². The number of unbranched alkanes of at least 4 members (excludes halogenated alkanes) is 1. The van der Waals surface area contributed by atoms with Gasteiger partial charge in [-0.3, -0.25) is 5.84 Å². The Balaban J connectivity index is 2.40. The van der Waals surface area contributed by atoms with E-state index in [4.69, 9.17) is 10.6 Å². The molecule has 1 aromatic carbocycles. The van der Waals surface area contributed by atoms with Crippen molar-refractivity contribution < 1.29 is 4.74 Å². The van der Waals surface area contributed by atoms with E-state index in [1.807, 2.05) is 24.3 Å². The van der Waals surface area contributed by atoms with Crippen molar-refractivity contribution in [3.8, 4) is 5.75 Å². The SMILES string of the molecule is CCCCOc1ccc(NN)cc1. The van der Waals surface area contributed by atoms with Crippen molar-refractivity contribution in [3.05, 3.63) is 24.3 Å². The molecule has 0 bridgehead atoms. The van der Waals surface area contributed by atoms with Gasteiger partial charge in [-0.2, -0.15) is 0 Å². The maximum absolute atomic E-state index is 5.48. The molecule has 0 amide bonds. The molecule has 0 saturated carbocycles. The fraction of sp³-hybridized carbons (Fsp3) is 0.400. The molecule has 3 heteroatoms. The molecule has 0 spiro atoms. The molecule has 3 N–H and O–H groups in total.